The van der Waals surface area contributed by atoms with E-state index in [1.165, 1.54) is 12.1 Å². The molecular weight excluding hydrogens is 454 g/mol. The molecule has 3 aromatic rings. The molecule has 1 saturated heterocycles. The molecule has 1 aliphatic rings. The van der Waals surface area contributed by atoms with Crippen molar-refractivity contribution in [1.82, 2.24) is 24.8 Å². The average molecular weight is 472 g/mol. The van der Waals surface area contributed by atoms with E-state index in [-0.39, 0.29) is 34.2 Å². The van der Waals surface area contributed by atoms with Crippen LogP contribution in [0.5, 0.6) is 0 Å². The summed E-state index contributed by atoms with van der Waals surface area (Å²) >= 11 is 6.23. The largest absolute Gasteiger partial charge is 0.433 e. The zero-order valence-corrected chi connectivity index (χ0v) is 17.4. The van der Waals surface area contributed by atoms with E-state index in [1.54, 1.807) is 0 Å². The topological polar surface area (TPSA) is 71.8 Å². The van der Waals surface area contributed by atoms with Crippen LogP contribution in [0, 0.1) is 5.82 Å². The van der Waals surface area contributed by atoms with Crippen LogP contribution < -0.4 is 5.32 Å². The van der Waals surface area contributed by atoms with Gasteiger partial charge in [0.25, 0.3) is 5.91 Å². The molecule has 3 heterocycles. The smallest absolute Gasteiger partial charge is 0.379 e. The van der Waals surface area contributed by atoms with Gasteiger partial charge in [-0.15, -0.1) is 0 Å². The van der Waals surface area contributed by atoms with E-state index in [2.05, 4.69) is 20.3 Å². The summed E-state index contributed by atoms with van der Waals surface area (Å²) in [5.41, 5.74) is -1.66. The summed E-state index contributed by atoms with van der Waals surface area (Å²) in [6.45, 7) is 3.50. The normalized spacial score (nSPS) is 15.3. The lowest BCUT2D eigenvalue weighted by molar-refractivity contribution is -0.142. The highest BCUT2D eigenvalue weighted by Crippen LogP contribution is 2.34. The zero-order chi connectivity index (χ0) is 22.9. The first-order valence-corrected chi connectivity index (χ1v) is 10.1. The molecule has 0 saturated carbocycles. The van der Waals surface area contributed by atoms with Crippen LogP contribution in [-0.2, 0) is 10.9 Å². The van der Waals surface area contributed by atoms with Gasteiger partial charge in [0, 0.05) is 31.7 Å². The number of nitrogens with zero attached hydrogens (tertiary/aromatic N) is 4. The first-order valence-electron chi connectivity index (χ1n) is 9.75. The maximum atomic E-state index is 13.7. The molecule has 0 atom stereocenters. The Morgan fingerprint density at radius 2 is 1.88 bits per heavy atom. The Kier molecular flexibility index (Phi) is 6.31. The summed E-state index contributed by atoms with van der Waals surface area (Å²) in [6.07, 6.45) is -4.80. The number of aromatic nitrogens is 3. The lowest BCUT2D eigenvalue weighted by Crippen LogP contribution is -2.41. The van der Waals surface area contributed by atoms with Crippen molar-refractivity contribution >= 4 is 23.2 Å². The van der Waals surface area contributed by atoms with Crippen LogP contribution in [0.2, 0.25) is 5.02 Å². The Balaban J connectivity index is 1.65. The minimum absolute atomic E-state index is 0.0779. The first-order chi connectivity index (χ1) is 15.2. The molecule has 1 aliphatic heterocycles. The monoisotopic (exact) mass is 471 g/mol. The van der Waals surface area contributed by atoms with Crippen molar-refractivity contribution in [3.8, 4) is 11.3 Å². The van der Waals surface area contributed by atoms with Gasteiger partial charge >= 0.3 is 6.18 Å². The Bertz CT molecular complexity index is 1130. The number of ether oxygens (including phenoxy) is 1. The zero-order valence-electron chi connectivity index (χ0n) is 16.6. The summed E-state index contributed by atoms with van der Waals surface area (Å²) in [6, 6.07) is 5.61. The number of rotatable bonds is 5. The summed E-state index contributed by atoms with van der Waals surface area (Å²) < 4.78 is 60.1. The fourth-order valence-electron chi connectivity index (χ4n) is 3.34. The number of benzene rings is 1. The predicted octanol–water partition coefficient (Wildman–Crippen LogP) is 3.27. The summed E-state index contributed by atoms with van der Waals surface area (Å²) in [4.78, 5) is 18.8. The van der Waals surface area contributed by atoms with E-state index < -0.39 is 23.6 Å². The molecule has 12 heteroatoms. The maximum absolute atomic E-state index is 13.7. The quantitative estimate of drug-likeness (QED) is 0.578. The fraction of sp³-hybridized carbons (Fsp3) is 0.350. The number of alkyl halides is 3. The molecule has 7 nitrogen and oxygen atoms in total. The number of carbonyl (C=O) groups excluding carboxylic acids is 1. The number of amides is 1. The van der Waals surface area contributed by atoms with Crippen molar-refractivity contribution in [3.05, 3.63) is 52.6 Å². The highest BCUT2D eigenvalue weighted by Gasteiger charge is 2.36. The van der Waals surface area contributed by atoms with Crippen LogP contribution in [0.3, 0.4) is 0 Å². The molecule has 0 spiro atoms. The van der Waals surface area contributed by atoms with E-state index in [4.69, 9.17) is 16.3 Å². The third-order valence-corrected chi connectivity index (χ3v) is 5.34. The van der Waals surface area contributed by atoms with E-state index >= 15 is 0 Å². The molecule has 0 bridgehead atoms. The minimum atomic E-state index is -4.80. The second kappa shape index (κ2) is 9.00. The number of hydrogen-bond acceptors (Lipinski definition) is 5. The SMILES string of the molecule is O=C(NCCN1CCOCC1)c1nn2c(C(F)(F)F)cc(-c3ccc(F)cc3)nc2c1Cl. The van der Waals surface area contributed by atoms with Gasteiger partial charge in [-0.3, -0.25) is 9.69 Å². The first kappa shape index (κ1) is 22.4. The number of carbonyl (C=O) groups is 1. The second-order valence-corrected chi connectivity index (χ2v) is 7.52. The lowest BCUT2D eigenvalue weighted by Gasteiger charge is -2.26. The van der Waals surface area contributed by atoms with Crippen LogP contribution in [0.4, 0.5) is 17.6 Å². The van der Waals surface area contributed by atoms with Gasteiger partial charge in [0.1, 0.15) is 10.8 Å². The molecule has 1 N–H and O–H groups in total. The Hall–Kier alpha value is -2.76. The van der Waals surface area contributed by atoms with Gasteiger partial charge in [0.05, 0.1) is 18.9 Å². The van der Waals surface area contributed by atoms with Crippen molar-refractivity contribution in [2.75, 3.05) is 39.4 Å². The van der Waals surface area contributed by atoms with Gasteiger partial charge < -0.3 is 10.1 Å². The molecule has 4 rings (SSSR count). The Morgan fingerprint density at radius 3 is 2.53 bits per heavy atom. The minimum Gasteiger partial charge on any atom is -0.379 e. The summed E-state index contributed by atoms with van der Waals surface area (Å²) in [5.74, 6) is -1.24. The summed E-state index contributed by atoms with van der Waals surface area (Å²) in [5, 5.41) is 6.11. The third-order valence-electron chi connectivity index (χ3n) is 5.00. The van der Waals surface area contributed by atoms with E-state index in [0.717, 1.165) is 31.3 Å². The number of halogens is 5. The lowest BCUT2D eigenvalue weighted by atomic mass is 10.1. The van der Waals surface area contributed by atoms with Gasteiger partial charge in [-0.25, -0.2) is 13.9 Å². The number of morpholine rings is 1. The number of nitrogens with one attached hydrogen (secondary N) is 1. The van der Waals surface area contributed by atoms with E-state index in [9.17, 15) is 22.4 Å². The molecular formula is C20H18ClF4N5O2. The Labute approximate surface area is 184 Å². The van der Waals surface area contributed by atoms with Crippen LogP contribution in [0.1, 0.15) is 16.2 Å². The van der Waals surface area contributed by atoms with Crippen LogP contribution in [0.15, 0.2) is 30.3 Å². The van der Waals surface area contributed by atoms with Gasteiger partial charge in [0.15, 0.2) is 17.0 Å². The molecule has 32 heavy (non-hydrogen) atoms. The van der Waals surface area contributed by atoms with Crippen LogP contribution >= 0.6 is 11.6 Å². The summed E-state index contributed by atoms with van der Waals surface area (Å²) in [7, 11) is 0. The van der Waals surface area contributed by atoms with Crippen molar-refractivity contribution in [3.63, 3.8) is 0 Å². The van der Waals surface area contributed by atoms with Gasteiger partial charge in [-0.05, 0) is 30.3 Å². The fourth-order valence-corrected chi connectivity index (χ4v) is 3.59. The third kappa shape index (κ3) is 4.69. The predicted molar refractivity (Wildman–Crippen MR) is 108 cm³/mol. The van der Waals surface area contributed by atoms with Crippen molar-refractivity contribution in [1.29, 1.82) is 0 Å². The van der Waals surface area contributed by atoms with Gasteiger partial charge in [-0.2, -0.15) is 18.3 Å². The highest BCUT2D eigenvalue weighted by molar-refractivity contribution is 6.36. The molecule has 2 aromatic heterocycles. The van der Waals surface area contributed by atoms with Crippen molar-refractivity contribution in [2.24, 2.45) is 0 Å². The van der Waals surface area contributed by atoms with Gasteiger partial charge in [-0.1, -0.05) is 11.6 Å². The molecule has 1 aromatic carbocycles. The van der Waals surface area contributed by atoms with Crippen molar-refractivity contribution in [2.45, 2.75) is 6.18 Å². The molecule has 0 radical (unpaired) electrons. The van der Waals surface area contributed by atoms with Gasteiger partial charge in [0.2, 0.25) is 0 Å². The molecule has 1 fully saturated rings. The molecule has 0 aliphatic carbocycles. The number of fused-ring (bicyclic) bond motifs is 1. The number of hydrogen-bond donors (Lipinski definition) is 1. The molecule has 0 unspecified atom stereocenters. The van der Waals surface area contributed by atoms with Crippen LogP contribution in [-0.4, -0.2) is 64.8 Å². The standard InChI is InChI=1S/C20H18ClF4N5O2/c21-16-17(19(31)26-5-6-29-7-9-32-10-8-29)28-30-15(20(23,24)25)11-14(27-18(16)30)12-1-3-13(22)4-2-12/h1-4,11H,5-10H2,(H,26,31). The van der Waals surface area contributed by atoms with Crippen molar-refractivity contribution < 1.29 is 27.1 Å². The maximum Gasteiger partial charge on any atom is 0.433 e. The molecule has 1 amide bonds. The Morgan fingerprint density at radius 1 is 1.19 bits per heavy atom. The average Bonchev–Trinajstić information content (AvgIpc) is 3.10. The van der Waals surface area contributed by atoms with E-state index in [1.807, 2.05) is 0 Å². The highest BCUT2D eigenvalue weighted by atomic mass is 35.5. The second-order valence-electron chi connectivity index (χ2n) is 7.14. The van der Waals surface area contributed by atoms with E-state index in [0.29, 0.717) is 24.3 Å². The van der Waals surface area contributed by atoms with Crippen LogP contribution in [0.25, 0.3) is 16.9 Å². The molecule has 170 valence electrons.